The SMILES string of the molecule is COCCCNC(=O)c1ccnc(C(=O)N2CCN(C(C)=O)CC2)c1. The van der Waals surface area contributed by atoms with Gasteiger partial charge in [-0.2, -0.15) is 0 Å². The van der Waals surface area contributed by atoms with E-state index < -0.39 is 0 Å². The summed E-state index contributed by atoms with van der Waals surface area (Å²) < 4.78 is 4.93. The molecule has 1 fully saturated rings. The molecule has 0 bridgehead atoms. The van der Waals surface area contributed by atoms with E-state index in [4.69, 9.17) is 4.74 Å². The van der Waals surface area contributed by atoms with Crippen molar-refractivity contribution < 1.29 is 19.1 Å². The highest BCUT2D eigenvalue weighted by molar-refractivity contribution is 5.98. The van der Waals surface area contributed by atoms with E-state index in [2.05, 4.69) is 10.3 Å². The molecule has 1 aliphatic heterocycles. The van der Waals surface area contributed by atoms with Crippen molar-refractivity contribution in [1.82, 2.24) is 20.1 Å². The van der Waals surface area contributed by atoms with E-state index in [1.54, 1.807) is 23.0 Å². The minimum Gasteiger partial charge on any atom is -0.385 e. The highest BCUT2D eigenvalue weighted by Crippen LogP contribution is 2.09. The number of carbonyl (C=O) groups is 3. The van der Waals surface area contributed by atoms with E-state index in [9.17, 15) is 14.4 Å². The summed E-state index contributed by atoms with van der Waals surface area (Å²) in [5, 5.41) is 2.78. The number of amides is 3. The molecule has 2 rings (SSSR count). The number of hydrogen-bond donors (Lipinski definition) is 1. The third-order valence-electron chi connectivity index (χ3n) is 4.06. The van der Waals surface area contributed by atoms with Gasteiger partial charge in [0.1, 0.15) is 5.69 Å². The summed E-state index contributed by atoms with van der Waals surface area (Å²) in [5.74, 6) is -0.455. The molecular formula is C17H24N4O4. The van der Waals surface area contributed by atoms with Crippen molar-refractivity contribution in [2.75, 3.05) is 46.4 Å². The van der Waals surface area contributed by atoms with E-state index in [-0.39, 0.29) is 23.4 Å². The molecule has 25 heavy (non-hydrogen) atoms. The van der Waals surface area contributed by atoms with Crippen molar-refractivity contribution in [1.29, 1.82) is 0 Å². The molecule has 0 atom stereocenters. The van der Waals surface area contributed by atoms with E-state index in [1.807, 2.05) is 0 Å². The first kappa shape index (κ1) is 18.9. The number of rotatable bonds is 6. The average molecular weight is 348 g/mol. The third-order valence-corrected chi connectivity index (χ3v) is 4.06. The van der Waals surface area contributed by atoms with Gasteiger partial charge in [-0.3, -0.25) is 19.4 Å². The summed E-state index contributed by atoms with van der Waals surface area (Å²) >= 11 is 0. The van der Waals surface area contributed by atoms with E-state index in [0.29, 0.717) is 44.9 Å². The molecule has 3 amide bonds. The number of pyridine rings is 1. The quantitative estimate of drug-likeness (QED) is 0.739. The first-order valence-electron chi connectivity index (χ1n) is 8.31. The number of piperazine rings is 1. The van der Waals surface area contributed by atoms with Crippen molar-refractivity contribution in [3.05, 3.63) is 29.6 Å². The fourth-order valence-corrected chi connectivity index (χ4v) is 2.60. The van der Waals surface area contributed by atoms with Crippen molar-refractivity contribution in [3.8, 4) is 0 Å². The van der Waals surface area contributed by atoms with Crippen molar-refractivity contribution >= 4 is 17.7 Å². The van der Waals surface area contributed by atoms with Gasteiger partial charge in [-0.15, -0.1) is 0 Å². The molecular weight excluding hydrogens is 324 g/mol. The van der Waals surface area contributed by atoms with Gasteiger partial charge >= 0.3 is 0 Å². The Morgan fingerprint density at radius 3 is 2.52 bits per heavy atom. The van der Waals surface area contributed by atoms with Gasteiger partial charge in [-0.1, -0.05) is 0 Å². The molecule has 1 N–H and O–H groups in total. The Hall–Kier alpha value is -2.48. The predicted octanol–water partition coefficient (Wildman–Crippen LogP) is 0.152. The van der Waals surface area contributed by atoms with Crippen LogP contribution in [-0.4, -0.2) is 78.9 Å². The Morgan fingerprint density at radius 1 is 1.20 bits per heavy atom. The topological polar surface area (TPSA) is 91.8 Å². The number of nitrogens with one attached hydrogen (secondary N) is 1. The molecule has 2 heterocycles. The number of aromatic nitrogens is 1. The first-order valence-corrected chi connectivity index (χ1v) is 8.31. The van der Waals surface area contributed by atoms with Gasteiger partial charge in [0.2, 0.25) is 5.91 Å². The number of carbonyl (C=O) groups excluding carboxylic acids is 3. The number of nitrogens with zero attached hydrogens (tertiary/aromatic N) is 3. The van der Waals surface area contributed by atoms with Gasteiger partial charge in [-0.25, -0.2) is 0 Å². The first-order chi connectivity index (χ1) is 12.0. The molecule has 8 nitrogen and oxygen atoms in total. The van der Waals surface area contributed by atoms with Gasteiger partial charge < -0.3 is 19.9 Å². The minimum atomic E-state index is -0.242. The maximum atomic E-state index is 12.6. The lowest BCUT2D eigenvalue weighted by molar-refractivity contribution is -0.130. The molecule has 1 aliphatic rings. The summed E-state index contributed by atoms with van der Waals surface area (Å²) in [4.78, 5) is 43.5. The smallest absolute Gasteiger partial charge is 0.272 e. The molecule has 0 unspecified atom stereocenters. The Balaban J connectivity index is 1.95. The number of hydrogen-bond acceptors (Lipinski definition) is 5. The lowest BCUT2D eigenvalue weighted by atomic mass is 10.2. The lowest BCUT2D eigenvalue weighted by Crippen LogP contribution is -2.50. The molecule has 0 aliphatic carbocycles. The zero-order valence-electron chi connectivity index (χ0n) is 14.7. The van der Waals surface area contributed by atoms with Crippen LogP contribution in [0, 0.1) is 0 Å². The zero-order chi connectivity index (χ0) is 18.2. The van der Waals surface area contributed by atoms with Crippen LogP contribution < -0.4 is 5.32 Å². The van der Waals surface area contributed by atoms with Crippen molar-refractivity contribution in [2.24, 2.45) is 0 Å². The van der Waals surface area contributed by atoms with Crippen LogP contribution in [0.15, 0.2) is 18.3 Å². The summed E-state index contributed by atoms with van der Waals surface area (Å²) in [5.41, 5.74) is 0.638. The van der Waals surface area contributed by atoms with Crippen LogP contribution in [0.25, 0.3) is 0 Å². The molecule has 0 spiro atoms. The maximum absolute atomic E-state index is 12.6. The van der Waals surface area contributed by atoms with Crippen molar-refractivity contribution in [3.63, 3.8) is 0 Å². The third kappa shape index (κ3) is 5.25. The Labute approximate surface area is 147 Å². The van der Waals surface area contributed by atoms with Gasteiger partial charge in [0, 0.05) is 65.1 Å². The lowest BCUT2D eigenvalue weighted by Gasteiger charge is -2.34. The second-order valence-electron chi connectivity index (χ2n) is 5.83. The fraction of sp³-hybridized carbons (Fsp3) is 0.529. The second-order valence-corrected chi connectivity index (χ2v) is 5.83. The van der Waals surface area contributed by atoms with Crippen LogP contribution in [0.5, 0.6) is 0 Å². The average Bonchev–Trinajstić information content (AvgIpc) is 2.64. The van der Waals surface area contributed by atoms with Crippen LogP contribution in [0.3, 0.4) is 0 Å². The molecule has 0 saturated carbocycles. The molecule has 0 aromatic carbocycles. The highest BCUT2D eigenvalue weighted by atomic mass is 16.5. The van der Waals surface area contributed by atoms with Gasteiger partial charge in [0.15, 0.2) is 0 Å². The normalized spacial score (nSPS) is 14.3. The van der Waals surface area contributed by atoms with Crippen LogP contribution in [-0.2, 0) is 9.53 Å². The predicted molar refractivity (Wildman–Crippen MR) is 91.2 cm³/mol. The molecule has 1 aromatic rings. The standard InChI is InChI=1S/C17H24N4O4/c1-13(22)20-7-9-21(10-8-20)17(24)15-12-14(4-6-18-15)16(23)19-5-3-11-25-2/h4,6,12H,3,5,7-11H2,1-2H3,(H,19,23). The van der Waals surface area contributed by atoms with Gasteiger partial charge in [0.25, 0.3) is 11.8 Å². The van der Waals surface area contributed by atoms with E-state index in [0.717, 1.165) is 6.42 Å². The summed E-state index contributed by atoms with van der Waals surface area (Å²) in [6.07, 6.45) is 2.18. The Kier molecular flexibility index (Phi) is 6.88. The molecule has 1 aromatic heterocycles. The van der Waals surface area contributed by atoms with Gasteiger partial charge in [-0.05, 0) is 18.6 Å². The van der Waals surface area contributed by atoms with Crippen LogP contribution >= 0.6 is 0 Å². The Bertz CT molecular complexity index is 627. The largest absolute Gasteiger partial charge is 0.385 e. The van der Waals surface area contributed by atoms with Crippen LogP contribution in [0.1, 0.15) is 34.2 Å². The van der Waals surface area contributed by atoms with Crippen LogP contribution in [0.4, 0.5) is 0 Å². The highest BCUT2D eigenvalue weighted by Gasteiger charge is 2.24. The van der Waals surface area contributed by atoms with Crippen molar-refractivity contribution in [2.45, 2.75) is 13.3 Å². The molecule has 136 valence electrons. The second kappa shape index (κ2) is 9.12. The van der Waals surface area contributed by atoms with Crippen LogP contribution in [0.2, 0.25) is 0 Å². The summed E-state index contributed by atoms with van der Waals surface area (Å²) in [6.45, 7) is 4.56. The monoisotopic (exact) mass is 348 g/mol. The molecule has 0 radical (unpaired) electrons. The van der Waals surface area contributed by atoms with E-state index >= 15 is 0 Å². The minimum absolute atomic E-state index is 0.0114. The van der Waals surface area contributed by atoms with E-state index in [1.165, 1.54) is 19.2 Å². The number of ether oxygens (including phenoxy) is 1. The summed E-state index contributed by atoms with van der Waals surface area (Å²) in [6, 6.07) is 3.08. The summed E-state index contributed by atoms with van der Waals surface area (Å²) in [7, 11) is 1.61. The Morgan fingerprint density at radius 2 is 1.88 bits per heavy atom. The zero-order valence-corrected chi connectivity index (χ0v) is 14.7. The number of methoxy groups -OCH3 is 1. The molecule has 8 heteroatoms. The van der Waals surface area contributed by atoms with Gasteiger partial charge in [0.05, 0.1) is 0 Å². The fourth-order valence-electron chi connectivity index (χ4n) is 2.60. The molecule has 1 saturated heterocycles. The maximum Gasteiger partial charge on any atom is 0.272 e.